The van der Waals surface area contributed by atoms with Crippen LogP contribution < -0.4 is 5.73 Å². The summed E-state index contributed by atoms with van der Waals surface area (Å²) in [7, 11) is 0. The van der Waals surface area contributed by atoms with E-state index in [0.29, 0.717) is 13.0 Å². The maximum atomic E-state index is 11.1. The Labute approximate surface area is 73.8 Å². The summed E-state index contributed by atoms with van der Waals surface area (Å²) in [5, 5.41) is 0. The molecule has 1 aliphatic rings. The number of nitrogens with two attached hydrogens (primary N) is 1. The van der Waals surface area contributed by atoms with Crippen LogP contribution in [0.4, 0.5) is 0 Å². The van der Waals surface area contributed by atoms with E-state index in [0.717, 1.165) is 12.8 Å². The minimum atomic E-state index is 0.0860. The molecule has 0 heterocycles. The van der Waals surface area contributed by atoms with Crippen molar-refractivity contribution < 1.29 is 4.79 Å². The summed E-state index contributed by atoms with van der Waals surface area (Å²) >= 11 is 0. The molecule has 1 aliphatic carbocycles. The van der Waals surface area contributed by atoms with Gasteiger partial charge in [0, 0.05) is 18.4 Å². The van der Waals surface area contributed by atoms with E-state index < -0.39 is 0 Å². The van der Waals surface area contributed by atoms with Crippen LogP contribution in [-0.2, 0) is 4.79 Å². The van der Waals surface area contributed by atoms with E-state index in [4.69, 9.17) is 5.73 Å². The molecule has 0 amide bonds. The molecule has 1 atom stereocenters. The molecule has 0 fully saturated rings. The molecular formula is C10H17NO. The van der Waals surface area contributed by atoms with Crippen molar-refractivity contribution in [2.24, 2.45) is 11.1 Å². The molecule has 0 radical (unpaired) electrons. The van der Waals surface area contributed by atoms with Gasteiger partial charge < -0.3 is 5.73 Å². The summed E-state index contributed by atoms with van der Waals surface area (Å²) in [5.74, 6) is 0.262. The summed E-state index contributed by atoms with van der Waals surface area (Å²) in [6.45, 7) is 4.88. The van der Waals surface area contributed by atoms with Gasteiger partial charge in [-0.15, -0.1) is 0 Å². The predicted molar refractivity (Wildman–Crippen MR) is 49.8 cm³/mol. The SMILES string of the molecule is CCC1=CC(=O)CCC1(C)CN. The Morgan fingerprint density at radius 3 is 2.83 bits per heavy atom. The number of carbonyl (C=O) groups is 1. The molecule has 0 bridgehead atoms. The second kappa shape index (κ2) is 3.40. The smallest absolute Gasteiger partial charge is 0.155 e. The summed E-state index contributed by atoms with van der Waals surface area (Å²) in [6.07, 6.45) is 4.31. The molecule has 2 heteroatoms. The fraction of sp³-hybridized carbons (Fsp3) is 0.700. The monoisotopic (exact) mass is 167 g/mol. The Balaban J connectivity index is 2.91. The van der Waals surface area contributed by atoms with Crippen molar-refractivity contribution in [1.29, 1.82) is 0 Å². The lowest BCUT2D eigenvalue weighted by atomic mass is 9.73. The molecule has 68 valence electrons. The largest absolute Gasteiger partial charge is 0.330 e. The molecule has 2 nitrogen and oxygen atoms in total. The van der Waals surface area contributed by atoms with Crippen molar-refractivity contribution in [2.75, 3.05) is 6.54 Å². The second-order valence-electron chi connectivity index (χ2n) is 3.75. The molecule has 0 aromatic carbocycles. The first-order valence-electron chi connectivity index (χ1n) is 4.56. The van der Waals surface area contributed by atoms with Crippen molar-refractivity contribution >= 4 is 5.78 Å². The first kappa shape index (κ1) is 9.46. The third-order valence-electron chi connectivity index (χ3n) is 2.87. The number of allylic oxidation sites excluding steroid dienone is 1. The third-order valence-corrected chi connectivity index (χ3v) is 2.87. The third kappa shape index (κ3) is 1.58. The second-order valence-corrected chi connectivity index (χ2v) is 3.75. The highest BCUT2D eigenvalue weighted by Gasteiger charge is 2.30. The van der Waals surface area contributed by atoms with Crippen molar-refractivity contribution in [3.8, 4) is 0 Å². The van der Waals surface area contributed by atoms with Gasteiger partial charge in [-0.25, -0.2) is 0 Å². The topological polar surface area (TPSA) is 43.1 Å². The van der Waals surface area contributed by atoms with E-state index in [1.54, 1.807) is 6.08 Å². The van der Waals surface area contributed by atoms with Crippen LogP contribution in [0.15, 0.2) is 11.6 Å². The van der Waals surface area contributed by atoms with E-state index in [9.17, 15) is 4.79 Å². The Hall–Kier alpha value is -0.630. The highest BCUT2D eigenvalue weighted by molar-refractivity contribution is 5.91. The molecule has 0 aliphatic heterocycles. The van der Waals surface area contributed by atoms with Gasteiger partial charge in [0.1, 0.15) is 0 Å². The number of hydrogen-bond donors (Lipinski definition) is 1. The van der Waals surface area contributed by atoms with Gasteiger partial charge in [-0.3, -0.25) is 4.79 Å². The minimum Gasteiger partial charge on any atom is -0.330 e. The van der Waals surface area contributed by atoms with Crippen LogP contribution >= 0.6 is 0 Å². The molecular weight excluding hydrogens is 150 g/mol. The van der Waals surface area contributed by atoms with Crippen LogP contribution in [-0.4, -0.2) is 12.3 Å². The zero-order valence-electron chi connectivity index (χ0n) is 7.89. The number of carbonyl (C=O) groups excluding carboxylic acids is 1. The highest BCUT2D eigenvalue weighted by Crippen LogP contribution is 2.36. The lowest BCUT2D eigenvalue weighted by molar-refractivity contribution is -0.115. The van der Waals surface area contributed by atoms with Gasteiger partial charge in [0.15, 0.2) is 5.78 Å². The summed E-state index contributed by atoms with van der Waals surface area (Å²) in [5.41, 5.74) is 7.01. The number of hydrogen-bond acceptors (Lipinski definition) is 2. The van der Waals surface area contributed by atoms with Crippen LogP contribution in [0.25, 0.3) is 0 Å². The molecule has 0 saturated carbocycles. The summed E-state index contributed by atoms with van der Waals surface area (Å²) in [4.78, 5) is 11.1. The summed E-state index contributed by atoms with van der Waals surface area (Å²) in [6, 6.07) is 0. The molecule has 1 unspecified atom stereocenters. The Kier molecular flexibility index (Phi) is 2.68. The van der Waals surface area contributed by atoms with Gasteiger partial charge in [0.05, 0.1) is 0 Å². The van der Waals surface area contributed by atoms with Crippen LogP contribution in [0.1, 0.15) is 33.1 Å². The van der Waals surface area contributed by atoms with E-state index in [-0.39, 0.29) is 11.2 Å². The summed E-state index contributed by atoms with van der Waals surface area (Å²) < 4.78 is 0. The molecule has 2 N–H and O–H groups in total. The standard InChI is InChI=1S/C10H17NO/c1-3-8-6-9(12)4-5-10(8,2)7-11/h6H,3-5,7,11H2,1-2H3. The van der Waals surface area contributed by atoms with E-state index in [1.807, 2.05) is 0 Å². The number of rotatable bonds is 2. The fourth-order valence-electron chi connectivity index (χ4n) is 1.76. The molecule has 12 heavy (non-hydrogen) atoms. The number of ketones is 1. The van der Waals surface area contributed by atoms with Gasteiger partial charge >= 0.3 is 0 Å². The Morgan fingerprint density at radius 2 is 2.33 bits per heavy atom. The van der Waals surface area contributed by atoms with Crippen molar-refractivity contribution in [3.05, 3.63) is 11.6 Å². The van der Waals surface area contributed by atoms with E-state index in [2.05, 4.69) is 13.8 Å². The average molecular weight is 167 g/mol. The van der Waals surface area contributed by atoms with Crippen LogP contribution in [0.5, 0.6) is 0 Å². The molecule has 0 saturated heterocycles. The first-order valence-corrected chi connectivity index (χ1v) is 4.56. The lowest BCUT2D eigenvalue weighted by Crippen LogP contribution is -2.32. The first-order chi connectivity index (χ1) is 5.62. The van der Waals surface area contributed by atoms with E-state index >= 15 is 0 Å². The van der Waals surface area contributed by atoms with Gasteiger partial charge in [-0.05, 0) is 18.9 Å². The van der Waals surface area contributed by atoms with E-state index in [1.165, 1.54) is 5.57 Å². The Bertz CT molecular complexity index is 220. The minimum absolute atomic E-state index is 0.0860. The van der Waals surface area contributed by atoms with Gasteiger partial charge in [-0.2, -0.15) is 0 Å². The van der Waals surface area contributed by atoms with Gasteiger partial charge in [0.25, 0.3) is 0 Å². The maximum absolute atomic E-state index is 11.1. The Morgan fingerprint density at radius 1 is 1.67 bits per heavy atom. The molecule has 0 spiro atoms. The lowest BCUT2D eigenvalue weighted by Gasteiger charge is -2.33. The quantitative estimate of drug-likeness (QED) is 0.679. The molecule has 0 aromatic heterocycles. The van der Waals surface area contributed by atoms with Crippen LogP contribution in [0.2, 0.25) is 0 Å². The van der Waals surface area contributed by atoms with Crippen LogP contribution in [0, 0.1) is 5.41 Å². The van der Waals surface area contributed by atoms with Crippen molar-refractivity contribution in [2.45, 2.75) is 33.1 Å². The fourth-order valence-corrected chi connectivity index (χ4v) is 1.76. The predicted octanol–water partition coefficient (Wildman–Crippen LogP) is 1.65. The van der Waals surface area contributed by atoms with Crippen molar-refractivity contribution in [3.63, 3.8) is 0 Å². The highest BCUT2D eigenvalue weighted by atomic mass is 16.1. The zero-order valence-corrected chi connectivity index (χ0v) is 7.89. The van der Waals surface area contributed by atoms with Gasteiger partial charge in [0.2, 0.25) is 0 Å². The molecule has 1 rings (SSSR count). The molecule has 0 aromatic rings. The zero-order chi connectivity index (χ0) is 9.19. The van der Waals surface area contributed by atoms with Gasteiger partial charge in [-0.1, -0.05) is 19.4 Å². The maximum Gasteiger partial charge on any atom is 0.155 e. The normalized spacial score (nSPS) is 30.2. The van der Waals surface area contributed by atoms with Crippen LogP contribution in [0.3, 0.4) is 0 Å². The average Bonchev–Trinajstić information content (AvgIpc) is 2.09. The van der Waals surface area contributed by atoms with Crippen molar-refractivity contribution in [1.82, 2.24) is 0 Å².